The maximum absolute atomic E-state index is 12.1. The average molecular weight is 246 g/mol. The average Bonchev–Trinajstić information content (AvgIpc) is 2.82. The summed E-state index contributed by atoms with van der Waals surface area (Å²) in [4.78, 5) is 17.4. The lowest BCUT2D eigenvalue weighted by Gasteiger charge is -2.14. The molecule has 1 aliphatic rings. The van der Waals surface area contributed by atoms with Crippen molar-refractivity contribution >= 4 is 17.3 Å². The molecule has 0 spiro atoms. The number of rotatable bonds is 4. The van der Waals surface area contributed by atoms with E-state index >= 15 is 0 Å². The summed E-state index contributed by atoms with van der Waals surface area (Å²) in [7, 11) is 0. The van der Waals surface area contributed by atoms with E-state index in [1.807, 2.05) is 44.2 Å². The highest BCUT2D eigenvalue weighted by atomic mass is 16.6. The van der Waals surface area contributed by atoms with Crippen molar-refractivity contribution in [1.29, 1.82) is 0 Å². The number of para-hydroxylation sites is 1. The van der Waals surface area contributed by atoms with E-state index in [1.54, 1.807) is 0 Å². The van der Waals surface area contributed by atoms with Crippen LogP contribution in [0.15, 0.2) is 35.5 Å². The molecule has 1 amide bonds. The van der Waals surface area contributed by atoms with Gasteiger partial charge in [0.25, 0.3) is 5.91 Å². The molecule has 0 radical (unpaired) electrons. The van der Waals surface area contributed by atoms with Gasteiger partial charge in [0.05, 0.1) is 0 Å². The number of anilines is 1. The number of hydrogen-bond acceptors (Lipinski definition) is 3. The van der Waals surface area contributed by atoms with Crippen LogP contribution < -0.4 is 5.32 Å². The third-order valence-corrected chi connectivity index (χ3v) is 3.19. The Morgan fingerprint density at radius 3 is 2.61 bits per heavy atom. The Morgan fingerprint density at radius 2 is 2.00 bits per heavy atom. The van der Waals surface area contributed by atoms with E-state index in [9.17, 15) is 4.79 Å². The van der Waals surface area contributed by atoms with Gasteiger partial charge in [-0.25, -0.2) is 0 Å². The maximum atomic E-state index is 12.1. The van der Waals surface area contributed by atoms with E-state index < -0.39 is 0 Å². The first-order chi connectivity index (χ1) is 8.76. The van der Waals surface area contributed by atoms with E-state index in [1.165, 1.54) is 0 Å². The predicted octanol–water partition coefficient (Wildman–Crippen LogP) is 2.82. The summed E-state index contributed by atoms with van der Waals surface area (Å²) in [6, 6.07) is 9.39. The highest BCUT2D eigenvalue weighted by Crippen LogP contribution is 2.24. The van der Waals surface area contributed by atoms with Gasteiger partial charge in [0, 0.05) is 11.6 Å². The molecule has 0 unspecified atom stereocenters. The zero-order valence-corrected chi connectivity index (χ0v) is 10.7. The SMILES string of the molecule is CC[C@H]1ON=C(C(=O)Nc2ccccc2)[C@@H]1CC. The number of nitrogens with zero attached hydrogens (tertiary/aromatic N) is 1. The predicted molar refractivity (Wildman–Crippen MR) is 71.5 cm³/mol. The second-order valence-corrected chi connectivity index (χ2v) is 4.36. The summed E-state index contributed by atoms with van der Waals surface area (Å²) in [5, 5.41) is 6.78. The van der Waals surface area contributed by atoms with Crippen molar-refractivity contribution in [3.63, 3.8) is 0 Å². The lowest BCUT2D eigenvalue weighted by Crippen LogP contribution is -2.31. The summed E-state index contributed by atoms with van der Waals surface area (Å²) >= 11 is 0. The number of benzene rings is 1. The first-order valence-electron chi connectivity index (χ1n) is 6.36. The lowest BCUT2D eigenvalue weighted by molar-refractivity contribution is -0.110. The van der Waals surface area contributed by atoms with Crippen LogP contribution in [0, 0.1) is 5.92 Å². The Hall–Kier alpha value is -1.84. The van der Waals surface area contributed by atoms with Crippen LogP contribution in [0.3, 0.4) is 0 Å². The minimum absolute atomic E-state index is 0.0338. The molecule has 4 heteroatoms. The van der Waals surface area contributed by atoms with Crippen LogP contribution in [0.25, 0.3) is 0 Å². The summed E-state index contributed by atoms with van der Waals surface area (Å²) < 4.78 is 0. The molecule has 1 aromatic rings. The van der Waals surface area contributed by atoms with Gasteiger partial charge in [0.2, 0.25) is 0 Å². The Kier molecular flexibility index (Phi) is 3.97. The number of hydrogen-bond donors (Lipinski definition) is 1. The number of oxime groups is 1. The van der Waals surface area contributed by atoms with Crippen molar-refractivity contribution in [1.82, 2.24) is 0 Å². The summed E-state index contributed by atoms with van der Waals surface area (Å²) in [6.07, 6.45) is 1.76. The van der Waals surface area contributed by atoms with Crippen LogP contribution in [0.5, 0.6) is 0 Å². The fourth-order valence-corrected chi connectivity index (χ4v) is 2.18. The molecular weight excluding hydrogens is 228 g/mol. The third kappa shape index (κ3) is 2.53. The molecule has 96 valence electrons. The molecule has 0 aliphatic carbocycles. The summed E-state index contributed by atoms with van der Waals surface area (Å²) in [5.41, 5.74) is 1.29. The molecule has 1 aliphatic heterocycles. The molecule has 1 N–H and O–H groups in total. The van der Waals surface area contributed by atoms with Crippen molar-refractivity contribution in [2.75, 3.05) is 5.32 Å². The van der Waals surface area contributed by atoms with Gasteiger partial charge in [0.1, 0.15) is 6.10 Å². The molecule has 0 aromatic heterocycles. The van der Waals surface area contributed by atoms with Gasteiger partial charge < -0.3 is 10.2 Å². The van der Waals surface area contributed by atoms with Crippen LogP contribution >= 0.6 is 0 Å². The highest BCUT2D eigenvalue weighted by molar-refractivity contribution is 6.44. The third-order valence-electron chi connectivity index (χ3n) is 3.19. The highest BCUT2D eigenvalue weighted by Gasteiger charge is 2.35. The topological polar surface area (TPSA) is 50.7 Å². The molecule has 0 saturated carbocycles. The van der Waals surface area contributed by atoms with Gasteiger partial charge >= 0.3 is 0 Å². The molecule has 2 rings (SSSR count). The van der Waals surface area contributed by atoms with E-state index in [2.05, 4.69) is 10.5 Å². The molecule has 0 saturated heterocycles. The number of nitrogens with one attached hydrogen (secondary N) is 1. The quantitative estimate of drug-likeness (QED) is 0.888. The molecule has 2 atom stereocenters. The number of amides is 1. The molecule has 0 bridgehead atoms. The Labute approximate surface area is 107 Å². The second-order valence-electron chi connectivity index (χ2n) is 4.36. The van der Waals surface area contributed by atoms with Crippen molar-refractivity contribution in [2.24, 2.45) is 11.1 Å². The van der Waals surface area contributed by atoms with Crippen LogP contribution in [-0.2, 0) is 9.63 Å². The fourth-order valence-electron chi connectivity index (χ4n) is 2.18. The fraction of sp³-hybridized carbons (Fsp3) is 0.429. The largest absolute Gasteiger partial charge is 0.391 e. The summed E-state index contributed by atoms with van der Waals surface area (Å²) in [6.45, 7) is 4.09. The van der Waals surface area contributed by atoms with Crippen molar-refractivity contribution in [3.05, 3.63) is 30.3 Å². The standard InChI is InChI=1S/C14H18N2O2/c1-3-11-12(4-2)18-16-13(11)14(17)15-10-8-6-5-7-9-10/h5-9,11-12H,3-4H2,1-2H3,(H,15,17)/t11-,12-/m1/s1. The van der Waals surface area contributed by atoms with Crippen LogP contribution in [-0.4, -0.2) is 17.7 Å². The monoisotopic (exact) mass is 246 g/mol. The number of carbonyl (C=O) groups excluding carboxylic acids is 1. The maximum Gasteiger partial charge on any atom is 0.273 e. The second kappa shape index (κ2) is 5.67. The Morgan fingerprint density at radius 1 is 1.28 bits per heavy atom. The van der Waals surface area contributed by atoms with Crippen molar-refractivity contribution < 1.29 is 9.63 Å². The van der Waals surface area contributed by atoms with E-state index in [0.717, 1.165) is 18.5 Å². The summed E-state index contributed by atoms with van der Waals surface area (Å²) in [5.74, 6) is -0.0669. The van der Waals surface area contributed by atoms with E-state index in [4.69, 9.17) is 4.84 Å². The van der Waals surface area contributed by atoms with Crippen molar-refractivity contribution in [2.45, 2.75) is 32.8 Å². The smallest absolute Gasteiger partial charge is 0.273 e. The van der Waals surface area contributed by atoms with E-state index in [0.29, 0.717) is 5.71 Å². The molecule has 18 heavy (non-hydrogen) atoms. The van der Waals surface area contributed by atoms with E-state index in [-0.39, 0.29) is 17.9 Å². The zero-order valence-electron chi connectivity index (χ0n) is 10.7. The van der Waals surface area contributed by atoms with Crippen LogP contribution in [0.2, 0.25) is 0 Å². The molecule has 4 nitrogen and oxygen atoms in total. The van der Waals surface area contributed by atoms with Crippen molar-refractivity contribution in [3.8, 4) is 0 Å². The lowest BCUT2D eigenvalue weighted by atomic mass is 9.92. The first kappa shape index (κ1) is 12.6. The molecular formula is C14H18N2O2. The molecule has 0 fully saturated rings. The molecule has 1 heterocycles. The first-order valence-corrected chi connectivity index (χ1v) is 6.36. The van der Waals surface area contributed by atoms with Crippen LogP contribution in [0.4, 0.5) is 5.69 Å². The van der Waals surface area contributed by atoms with Crippen LogP contribution in [0.1, 0.15) is 26.7 Å². The molecule has 1 aromatic carbocycles. The Balaban J connectivity index is 2.06. The van der Waals surface area contributed by atoms with Gasteiger partial charge in [0.15, 0.2) is 5.71 Å². The van der Waals surface area contributed by atoms with Gasteiger partial charge in [-0.3, -0.25) is 4.79 Å². The van der Waals surface area contributed by atoms with Gasteiger partial charge in [-0.2, -0.15) is 0 Å². The van der Waals surface area contributed by atoms with Gasteiger partial charge in [-0.15, -0.1) is 0 Å². The number of carbonyl (C=O) groups is 1. The Bertz CT molecular complexity index is 442. The van der Waals surface area contributed by atoms with Gasteiger partial charge in [-0.05, 0) is 25.0 Å². The minimum atomic E-state index is -0.163. The normalized spacial score (nSPS) is 22.2. The minimum Gasteiger partial charge on any atom is -0.391 e. The van der Waals surface area contributed by atoms with Gasteiger partial charge in [-0.1, -0.05) is 37.2 Å². The zero-order chi connectivity index (χ0) is 13.0.